The molecule has 10 nitrogen and oxygen atoms in total. The molecule has 5 aromatic rings. The van der Waals surface area contributed by atoms with Gasteiger partial charge >= 0.3 is 5.97 Å². The minimum absolute atomic E-state index is 0.0393. The first-order valence-electron chi connectivity index (χ1n) is 13.9. The topological polar surface area (TPSA) is 125 Å². The molecule has 0 amide bonds. The number of pyridine rings is 2. The molecule has 0 saturated carbocycles. The van der Waals surface area contributed by atoms with Crippen LogP contribution in [0, 0.1) is 18.6 Å². The average Bonchev–Trinajstić information content (AvgIpc) is 3.35. The smallest absolute Gasteiger partial charge is 0.354 e. The molecule has 0 spiro atoms. The zero-order chi connectivity index (χ0) is 32.0. The monoisotopic (exact) mass is 622 g/mol. The Morgan fingerprint density at radius 3 is 2.50 bits per heavy atom. The summed E-state index contributed by atoms with van der Waals surface area (Å²) in [4.78, 5) is 33.0. The van der Waals surface area contributed by atoms with E-state index < -0.39 is 17.6 Å². The van der Waals surface area contributed by atoms with E-state index >= 15 is 8.78 Å². The number of ether oxygens (including phenoxy) is 2. The van der Waals surface area contributed by atoms with Gasteiger partial charge in [0.1, 0.15) is 29.6 Å². The molecule has 2 unspecified atom stereocenters. The highest BCUT2D eigenvalue weighted by Gasteiger charge is 2.21. The highest BCUT2D eigenvalue weighted by molar-refractivity contribution is 7.27. The Kier molecular flexibility index (Phi) is 10.6. The number of aryl methyl sites for hydroxylation is 1. The number of imidazole rings is 1. The van der Waals surface area contributed by atoms with Crippen molar-refractivity contribution in [2.45, 2.75) is 53.4 Å². The van der Waals surface area contributed by atoms with E-state index in [0.29, 0.717) is 28.0 Å². The molecule has 4 aromatic heterocycles. The first-order valence-corrected chi connectivity index (χ1v) is 14.5. The number of aromatic nitrogens is 6. The molecule has 0 saturated heterocycles. The van der Waals surface area contributed by atoms with Gasteiger partial charge in [0.2, 0.25) is 5.88 Å². The van der Waals surface area contributed by atoms with Gasteiger partial charge in [-0.25, -0.2) is 28.5 Å². The van der Waals surface area contributed by atoms with Gasteiger partial charge in [-0.2, -0.15) is 4.98 Å². The van der Waals surface area contributed by atoms with Crippen molar-refractivity contribution in [3.05, 3.63) is 88.8 Å². The summed E-state index contributed by atoms with van der Waals surface area (Å²) in [6, 6.07) is 8.74. The summed E-state index contributed by atoms with van der Waals surface area (Å²) >= 11 is 0. The first-order chi connectivity index (χ1) is 21.1. The summed E-state index contributed by atoms with van der Waals surface area (Å²) in [6.45, 7) is 8.16. The summed E-state index contributed by atoms with van der Waals surface area (Å²) in [6.07, 6.45) is 2.81. The molecule has 1 N–H and O–H groups in total. The molecule has 230 valence electrons. The Morgan fingerprint density at radius 1 is 1.05 bits per heavy atom. The van der Waals surface area contributed by atoms with Crippen LogP contribution in [0.25, 0.3) is 22.6 Å². The van der Waals surface area contributed by atoms with Crippen molar-refractivity contribution in [3.63, 3.8) is 0 Å². The van der Waals surface area contributed by atoms with Gasteiger partial charge in [0.15, 0.2) is 17.2 Å². The van der Waals surface area contributed by atoms with E-state index in [1.54, 1.807) is 10.8 Å². The summed E-state index contributed by atoms with van der Waals surface area (Å²) in [5.41, 5.74) is 2.20. The fraction of sp³-hybridized carbons (Fsp3) is 0.290. The van der Waals surface area contributed by atoms with Crippen LogP contribution in [0.3, 0.4) is 0 Å². The minimum Gasteiger partial charge on any atom is -0.477 e. The van der Waals surface area contributed by atoms with Gasteiger partial charge in [0.05, 0.1) is 23.9 Å². The van der Waals surface area contributed by atoms with Gasteiger partial charge in [0, 0.05) is 31.2 Å². The van der Waals surface area contributed by atoms with Crippen molar-refractivity contribution in [2.24, 2.45) is 0 Å². The van der Waals surface area contributed by atoms with Gasteiger partial charge in [-0.05, 0) is 55.3 Å². The second-order valence-electron chi connectivity index (χ2n) is 9.70. The number of methoxy groups -OCH3 is 1. The number of carbonyl (C=O) groups is 1. The van der Waals surface area contributed by atoms with E-state index in [0.717, 1.165) is 17.7 Å². The van der Waals surface area contributed by atoms with Crippen LogP contribution in [0.4, 0.5) is 8.78 Å². The zero-order valence-corrected chi connectivity index (χ0v) is 26.2. The van der Waals surface area contributed by atoms with Crippen LogP contribution >= 0.6 is 9.24 Å². The van der Waals surface area contributed by atoms with Crippen LogP contribution in [0.15, 0.2) is 48.8 Å². The summed E-state index contributed by atoms with van der Waals surface area (Å²) in [7, 11) is 3.99. The van der Waals surface area contributed by atoms with E-state index in [1.807, 2.05) is 39.8 Å². The van der Waals surface area contributed by atoms with Gasteiger partial charge in [-0.3, -0.25) is 4.98 Å². The van der Waals surface area contributed by atoms with E-state index in [1.165, 1.54) is 25.4 Å². The largest absolute Gasteiger partial charge is 0.477 e. The third-order valence-electron chi connectivity index (χ3n) is 6.57. The number of halogens is 2. The molecule has 13 heteroatoms. The Morgan fingerprint density at radius 2 is 1.82 bits per heavy atom. The molecule has 2 atom stereocenters. The van der Waals surface area contributed by atoms with Crippen LogP contribution in [-0.2, 0) is 24.3 Å². The average molecular weight is 623 g/mol. The number of fused-ring (bicyclic) bond motifs is 1. The quantitative estimate of drug-likeness (QED) is 0.207. The lowest BCUT2D eigenvalue weighted by Gasteiger charge is -2.14. The molecule has 0 aliphatic rings. The lowest BCUT2D eigenvalue weighted by atomic mass is 10.1. The number of nitrogens with zero attached hydrogens (tertiary/aromatic N) is 6. The Hall–Kier alpha value is -4.41. The number of benzene rings is 1. The molecular formula is C31H33F2N6O4P. The SMILES string of the molecule is CC.COC(C)Cn1c(Cc2cc(F)c(-c3ncc(P)c(OCc4ccc(C)cn4)n3)cc2F)nc2ccc(C(=O)O)nc21. The molecule has 0 aliphatic carbocycles. The summed E-state index contributed by atoms with van der Waals surface area (Å²) < 4.78 is 43.7. The van der Waals surface area contributed by atoms with Crippen molar-refractivity contribution in [3.8, 4) is 17.3 Å². The highest BCUT2D eigenvalue weighted by atomic mass is 31.0. The fourth-order valence-electron chi connectivity index (χ4n) is 4.24. The summed E-state index contributed by atoms with van der Waals surface area (Å²) in [5.74, 6) is -2.07. The van der Waals surface area contributed by atoms with E-state index in [4.69, 9.17) is 9.47 Å². The minimum atomic E-state index is -1.19. The maximum Gasteiger partial charge on any atom is 0.354 e. The van der Waals surface area contributed by atoms with Crippen LogP contribution in [0.1, 0.15) is 53.9 Å². The first kappa shape index (κ1) is 32.5. The third kappa shape index (κ3) is 7.38. The van der Waals surface area contributed by atoms with Crippen LogP contribution in [0.2, 0.25) is 0 Å². The fourth-order valence-corrected chi connectivity index (χ4v) is 4.46. The molecule has 0 radical (unpaired) electrons. The van der Waals surface area contributed by atoms with Gasteiger partial charge in [-0.15, -0.1) is 0 Å². The lowest BCUT2D eigenvalue weighted by molar-refractivity contribution is 0.0690. The molecule has 44 heavy (non-hydrogen) atoms. The van der Waals surface area contributed by atoms with E-state index in [9.17, 15) is 9.90 Å². The Bertz CT molecular complexity index is 1780. The number of carboxylic acid groups (broad SMARTS) is 1. The number of aromatic carboxylic acids is 1. The lowest BCUT2D eigenvalue weighted by Crippen LogP contribution is -2.18. The maximum atomic E-state index is 15.4. The molecule has 0 bridgehead atoms. The number of hydrogen-bond donors (Lipinski definition) is 1. The second-order valence-corrected chi connectivity index (χ2v) is 10.3. The van der Waals surface area contributed by atoms with Crippen LogP contribution in [-0.4, -0.2) is 53.8 Å². The van der Waals surface area contributed by atoms with Gasteiger partial charge in [-0.1, -0.05) is 29.2 Å². The van der Waals surface area contributed by atoms with Crippen LogP contribution in [0.5, 0.6) is 5.88 Å². The standard InChI is InChI=1S/C29H27F2N6O4P.C2H6/c1-15-4-5-18(32-11-15)14-41-28-24(42)12-33-26(36-28)19-10-20(30)17(8-21(19)31)9-25-34-22-6-7-23(29(38)39)35-27(22)37(25)13-16(2)40-3;1-2/h4-8,10-12,16H,9,13-14,42H2,1-3H3,(H,38,39);1-2H3. The number of carboxylic acids is 1. The van der Waals surface area contributed by atoms with Crippen LogP contribution < -0.4 is 10.0 Å². The zero-order valence-electron chi connectivity index (χ0n) is 25.0. The van der Waals surface area contributed by atoms with Gasteiger partial charge < -0.3 is 19.1 Å². The molecular weight excluding hydrogens is 589 g/mol. The van der Waals surface area contributed by atoms with E-state index in [2.05, 4.69) is 34.2 Å². The predicted molar refractivity (Wildman–Crippen MR) is 165 cm³/mol. The van der Waals surface area contributed by atoms with Crippen molar-refractivity contribution in [1.29, 1.82) is 0 Å². The van der Waals surface area contributed by atoms with Crippen molar-refractivity contribution < 1.29 is 28.2 Å². The molecule has 4 heterocycles. The van der Waals surface area contributed by atoms with Crippen molar-refractivity contribution >= 4 is 31.7 Å². The molecule has 0 fully saturated rings. The summed E-state index contributed by atoms with van der Waals surface area (Å²) in [5, 5.41) is 9.93. The molecule has 0 aliphatic heterocycles. The van der Waals surface area contributed by atoms with Crippen molar-refractivity contribution in [1.82, 2.24) is 29.5 Å². The van der Waals surface area contributed by atoms with E-state index in [-0.39, 0.29) is 54.2 Å². The normalized spacial score (nSPS) is 11.6. The predicted octanol–water partition coefficient (Wildman–Crippen LogP) is 5.30. The number of rotatable bonds is 10. The Labute approximate surface area is 255 Å². The second kappa shape index (κ2) is 14.4. The molecule has 1 aromatic carbocycles. The number of hydrogen-bond acceptors (Lipinski definition) is 8. The van der Waals surface area contributed by atoms with Crippen molar-refractivity contribution in [2.75, 3.05) is 7.11 Å². The highest BCUT2D eigenvalue weighted by Crippen LogP contribution is 2.27. The maximum absolute atomic E-state index is 15.4. The Balaban J connectivity index is 0.00000216. The van der Waals surface area contributed by atoms with Gasteiger partial charge in [0.25, 0.3) is 0 Å². The third-order valence-corrected chi connectivity index (χ3v) is 6.96. The molecule has 5 rings (SSSR count).